The number of rotatable bonds is 9. The first kappa shape index (κ1) is 20.7. The van der Waals surface area contributed by atoms with E-state index in [1.54, 1.807) is 0 Å². The van der Waals surface area contributed by atoms with Gasteiger partial charge in [0.05, 0.1) is 13.2 Å². The topological polar surface area (TPSA) is 52.6 Å². The lowest BCUT2D eigenvalue weighted by Gasteiger charge is -2.24. The highest BCUT2D eigenvalue weighted by Crippen LogP contribution is 2.26. The predicted molar refractivity (Wildman–Crippen MR) is 102 cm³/mol. The molecular weight excluding hydrogens is 328 g/mol. The van der Waals surface area contributed by atoms with Gasteiger partial charge in [0, 0.05) is 12.8 Å². The molecule has 2 rings (SSSR count). The van der Waals surface area contributed by atoms with Gasteiger partial charge in [-0.2, -0.15) is 0 Å². The molecule has 0 aromatic carbocycles. The molecule has 0 aliphatic heterocycles. The molecule has 0 heterocycles. The second kappa shape index (κ2) is 11.2. The third-order valence-corrected chi connectivity index (χ3v) is 5.76. The average Bonchev–Trinajstić information content (AvgIpc) is 2.64. The van der Waals surface area contributed by atoms with Crippen LogP contribution in [0.2, 0.25) is 0 Å². The Morgan fingerprint density at radius 3 is 1.50 bits per heavy atom. The number of allylic oxidation sites excluding steroid dienone is 4. The molecule has 0 aromatic heterocycles. The molecule has 0 fully saturated rings. The van der Waals surface area contributed by atoms with Crippen molar-refractivity contribution in [1.29, 1.82) is 0 Å². The molecule has 146 valence electrons. The van der Waals surface area contributed by atoms with Crippen molar-refractivity contribution in [3.63, 3.8) is 0 Å². The highest BCUT2D eigenvalue weighted by Gasteiger charge is 2.21. The zero-order valence-electron chi connectivity index (χ0n) is 16.3. The third-order valence-electron chi connectivity index (χ3n) is 5.76. The van der Waals surface area contributed by atoms with E-state index in [1.807, 2.05) is 0 Å². The molecule has 4 heteroatoms. The van der Waals surface area contributed by atoms with Crippen LogP contribution >= 0.6 is 0 Å². The first-order valence-electron chi connectivity index (χ1n) is 10.2. The van der Waals surface area contributed by atoms with E-state index in [9.17, 15) is 9.59 Å². The maximum Gasteiger partial charge on any atom is 0.305 e. The van der Waals surface area contributed by atoms with Crippen LogP contribution in [0.15, 0.2) is 24.3 Å². The van der Waals surface area contributed by atoms with E-state index in [1.165, 1.54) is 0 Å². The predicted octanol–water partition coefficient (Wildman–Crippen LogP) is 4.84. The Kier molecular flexibility index (Phi) is 8.93. The third kappa shape index (κ3) is 7.35. The van der Waals surface area contributed by atoms with E-state index >= 15 is 0 Å². The summed E-state index contributed by atoms with van der Waals surface area (Å²) < 4.78 is 10.8. The summed E-state index contributed by atoms with van der Waals surface area (Å²) in [5, 5.41) is 0. The van der Waals surface area contributed by atoms with Gasteiger partial charge in [0.15, 0.2) is 0 Å². The largest absolute Gasteiger partial charge is 0.465 e. The Labute approximate surface area is 158 Å². The lowest BCUT2D eigenvalue weighted by Crippen LogP contribution is -2.22. The summed E-state index contributed by atoms with van der Waals surface area (Å²) in [6.07, 6.45) is 15.0. The van der Waals surface area contributed by atoms with Gasteiger partial charge in [-0.15, -0.1) is 0 Å². The molecule has 0 saturated heterocycles. The minimum absolute atomic E-state index is 0.150. The fourth-order valence-electron chi connectivity index (χ4n) is 3.56. The van der Waals surface area contributed by atoms with Gasteiger partial charge in [-0.3, -0.25) is 9.59 Å². The highest BCUT2D eigenvalue weighted by molar-refractivity contribution is 5.70. The molecule has 4 nitrogen and oxygen atoms in total. The molecule has 4 unspecified atom stereocenters. The van der Waals surface area contributed by atoms with Gasteiger partial charge >= 0.3 is 11.9 Å². The molecule has 0 saturated carbocycles. The van der Waals surface area contributed by atoms with E-state index < -0.39 is 0 Å². The molecule has 0 amide bonds. The molecule has 0 N–H and O–H groups in total. The number of unbranched alkanes of at least 4 members (excludes halogenated alkanes) is 1. The van der Waals surface area contributed by atoms with Gasteiger partial charge in [0.2, 0.25) is 0 Å². The number of ether oxygens (including phenoxy) is 2. The van der Waals surface area contributed by atoms with Crippen molar-refractivity contribution in [3.05, 3.63) is 24.3 Å². The monoisotopic (exact) mass is 362 g/mol. The van der Waals surface area contributed by atoms with E-state index in [0.29, 0.717) is 62.6 Å². The summed E-state index contributed by atoms with van der Waals surface area (Å²) in [4.78, 5) is 23.7. The first-order valence-corrected chi connectivity index (χ1v) is 10.2. The second-order valence-corrected chi connectivity index (χ2v) is 7.93. The summed E-state index contributed by atoms with van der Waals surface area (Å²) in [5.74, 6) is 1.73. The molecular formula is C22H34O4. The maximum atomic E-state index is 11.8. The fraction of sp³-hybridized carbons (Fsp3) is 0.727. The van der Waals surface area contributed by atoms with Crippen LogP contribution in [-0.2, 0) is 19.1 Å². The molecule has 0 radical (unpaired) electrons. The van der Waals surface area contributed by atoms with Crippen molar-refractivity contribution in [1.82, 2.24) is 0 Å². The van der Waals surface area contributed by atoms with E-state index in [-0.39, 0.29) is 11.9 Å². The molecule has 0 aromatic rings. The van der Waals surface area contributed by atoms with Crippen molar-refractivity contribution in [2.45, 2.75) is 65.2 Å². The number of carbonyl (C=O) groups is 2. The van der Waals surface area contributed by atoms with Gasteiger partial charge in [0.1, 0.15) is 0 Å². The lowest BCUT2D eigenvalue weighted by atomic mass is 9.85. The molecule has 2 aliphatic rings. The maximum absolute atomic E-state index is 11.8. The number of carbonyl (C=O) groups excluding carboxylic acids is 2. The van der Waals surface area contributed by atoms with E-state index in [2.05, 4.69) is 38.2 Å². The number of hydrogen-bond donors (Lipinski definition) is 0. The normalized spacial score (nSPS) is 27.9. The quantitative estimate of drug-likeness (QED) is 0.335. The smallest absolute Gasteiger partial charge is 0.305 e. The Balaban J connectivity index is 1.49. The Morgan fingerprint density at radius 2 is 1.12 bits per heavy atom. The lowest BCUT2D eigenvalue weighted by molar-refractivity contribution is -0.147. The number of hydrogen-bond acceptors (Lipinski definition) is 4. The summed E-state index contributed by atoms with van der Waals surface area (Å²) in [6, 6.07) is 0. The summed E-state index contributed by atoms with van der Waals surface area (Å²) in [7, 11) is 0. The van der Waals surface area contributed by atoms with Crippen molar-refractivity contribution in [2.75, 3.05) is 13.2 Å². The van der Waals surface area contributed by atoms with Crippen molar-refractivity contribution < 1.29 is 19.1 Å². The van der Waals surface area contributed by atoms with E-state index in [0.717, 1.165) is 25.7 Å². The first-order chi connectivity index (χ1) is 12.6. The van der Waals surface area contributed by atoms with Gasteiger partial charge < -0.3 is 9.47 Å². The molecule has 2 aliphatic carbocycles. The Bertz CT molecular complexity index is 462. The van der Waals surface area contributed by atoms with Crippen LogP contribution in [0, 0.1) is 23.7 Å². The molecule has 4 atom stereocenters. The standard InChI is InChI=1S/C22H34O4/c1-17-9-3-5-11-19(17)15-25-21(23)13-7-8-14-22(24)26-16-20-12-6-4-10-18(20)2/h3-6,17-20H,7-16H2,1-2H3. The zero-order valence-corrected chi connectivity index (χ0v) is 16.3. The molecule has 26 heavy (non-hydrogen) atoms. The minimum atomic E-state index is -0.150. The van der Waals surface area contributed by atoms with E-state index in [4.69, 9.17) is 9.47 Å². The van der Waals surface area contributed by atoms with Crippen LogP contribution in [0.4, 0.5) is 0 Å². The zero-order chi connectivity index (χ0) is 18.8. The van der Waals surface area contributed by atoms with Crippen LogP contribution in [0.25, 0.3) is 0 Å². The van der Waals surface area contributed by atoms with Crippen LogP contribution in [0.3, 0.4) is 0 Å². The second-order valence-electron chi connectivity index (χ2n) is 7.93. The summed E-state index contributed by atoms with van der Waals surface area (Å²) in [5.41, 5.74) is 0. The Hall–Kier alpha value is -1.58. The van der Waals surface area contributed by atoms with Crippen LogP contribution in [0.1, 0.15) is 65.2 Å². The number of esters is 2. The Morgan fingerprint density at radius 1 is 0.731 bits per heavy atom. The van der Waals surface area contributed by atoms with Crippen LogP contribution < -0.4 is 0 Å². The van der Waals surface area contributed by atoms with Gasteiger partial charge in [-0.25, -0.2) is 0 Å². The van der Waals surface area contributed by atoms with Crippen molar-refractivity contribution in [2.24, 2.45) is 23.7 Å². The molecule has 0 bridgehead atoms. The van der Waals surface area contributed by atoms with Crippen LogP contribution in [-0.4, -0.2) is 25.2 Å². The van der Waals surface area contributed by atoms with Gasteiger partial charge in [-0.1, -0.05) is 38.2 Å². The highest BCUT2D eigenvalue weighted by atomic mass is 16.5. The van der Waals surface area contributed by atoms with Gasteiger partial charge in [-0.05, 0) is 62.2 Å². The minimum Gasteiger partial charge on any atom is -0.465 e. The van der Waals surface area contributed by atoms with Crippen LogP contribution in [0.5, 0.6) is 0 Å². The summed E-state index contributed by atoms with van der Waals surface area (Å²) in [6.45, 7) is 5.44. The van der Waals surface area contributed by atoms with Gasteiger partial charge in [0.25, 0.3) is 0 Å². The summed E-state index contributed by atoms with van der Waals surface area (Å²) >= 11 is 0. The molecule has 0 spiro atoms. The fourth-order valence-corrected chi connectivity index (χ4v) is 3.56. The van der Waals surface area contributed by atoms with Crippen molar-refractivity contribution >= 4 is 11.9 Å². The van der Waals surface area contributed by atoms with Crippen molar-refractivity contribution in [3.8, 4) is 0 Å². The average molecular weight is 363 g/mol. The SMILES string of the molecule is CC1CC=CCC1COC(=O)CCCCC(=O)OCC1CC=CCC1C.